The lowest BCUT2D eigenvalue weighted by Gasteiger charge is -2.39. The minimum atomic E-state index is -1.05. The molecule has 2 aliphatic rings. The Hall–Kier alpha value is -2.57. The van der Waals surface area contributed by atoms with Crippen LogP contribution in [0.15, 0.2) is 42.5 Å². The third kappa shape index (κ3) is 5.02. The Bertz CT molecular complexity index is 942. The molecule has 0 unspecified atom stereocenters. The summed E-state index contributed by atoms with van der Waals surface area (Å²) < 4.78 is 0. The lowest BCUT2D eigenvalue weighted by Crippen LogP contribution is -2.45. The molecule has 2 amide bonds. The number of anilines is 1. The van der Waals surface area contributed by atoms with Gasteiger partial charge in [-0.3, -0.25) is 9.69 Å². The lowest BCUT2D eigenvalue weighted by molar-refractivity contribution is -0.117. The van der Waals surface area contributed by atoms with Crippen molar-refractivity contribution in [2.75, 3.05) is 18.0 Å². The molecule has 0 radical (unpaired) electrons. The van der Waals surface area contributed by atoms with E-state index in [2.05, 4.69) is 34.5 Å². The van der Waals surface area contributed by atoms with Crippen LogP contribution in [0.2, 0.25) is 0 Å². The maximum absolute atomic E-state index is 12.2. The van der Waals surface area contributed by atoms with Crippen LogP contribution in [0, 0.1) is 0 Å². The molecule has 0 aromatic heterocycles. The Morgan fingerprint density at radius 1 is 1.06 bits per heavy atom. The largest absolute Gasteiger partial charge is 0.465 e. The number of carbonyl (C=O) groups excluding carboxylic acids is 1. The summed E-state index contributed by atoms with van der Waals surface area (Å²) in [6.45, 7) is 6.85. The van der Waals surface area contributed by atoms with Crippen molar-refractivity contribution in [3.8, 4) is 11.1 Å². The molecule has 2 heterocycles. The van der Waals surface area contributed by atoms with E-state index in [9.17, 15) is 14.7 Å². The average Bonchev–Trinajstić information content (AvgIpc) is 3.21. The summed E-state index contributed by atoms with van der Waals surface area (Å²) in [5.41, 5.74) is 5.06. The normalized spacial score (nSPS) is 20.6. The van der Waals surface area contributed by atoms with E-state index in [1.54, 1.807) is 11.8 Å². The summed E-state index contributed by atoms with van der Waals surface area (Å²) in [5, 5.41) is 11.9. The molecule has 2 aromatic rings. The molecular weight excluding hydrogens is 414 g/mol. The minimum Gasteiger partial charge on any atom is -0.465 e. The highest BCUT2D eigenvalue weighted by Gasteiger charge is 2.33. The molecule has 2 aliphatic heterocycles. The standard InChI is InChI=1S/C24H29N3O3.ClH/c1-16-13-22(25-24(29)30)21-14-20(9-10-23(21)27(16)17(2)28)19-7-5-18(6-8-19)15-26-11-3-4-12-26;/h5-10,14,16,22,25H,3-4,11-13,15H2,1-2H3,(H,29,30);1H/t16-,22+;/m0./s1. The zero-order chi connectivity index (χ0) is 21.3. The quantitative estimate of drug-likeness (QED) is 0.710. The summed E-state index contributed by atoms with van der Waals surface area (Å²) in [4.78, 5) is 27.8. The zero-order valence-electron chi connectivity index (χ0n) is 18.0. The second kappa shape index (κ2) is 9.71. The summed E-state index contributed by atoms with van der Waals surface area (Å²) in [6, 6.07) is 14.2. The molecule has 166 valence electrons. The van der Waals surface area contributed by atoms with Gasteiger partial charge in [0.2, 0.25) is 5.91 Å². The van der Waals surface area contributed by atoms with Crippen LogP contribution in [0.1, 0.15) is 50.3 Å². The number of carboxylic acid groups (broad SMARTS) is 1. The minimum absolute atomic E-state index is 0. The monoisotopic (exact) mass is 443 g/mol. The number of fused-ring (bicyclic) bond motifs is 1. The Balaban J connectivity index is 0.00000272. The molecule has 0 spiro atoms. The van der Waals surface area contributed by atoms with E-state index in [1.807, 2.05) is 25.1 Å². The highest BCUT2D eigenvalue weighted by atomic mass is 35.5. The molecular formula is C24H30ClN3O3. The number of rotatable bonds is 4. The first-order valence-corrected chi connectivity index (χ1v) is 10.7. The van der Waals surface area contributed by atoms with Crippen molar-refractivity contribution in [3.05, 3.63) is 53.6 Å². The molecule has 4 rings (SSSR count). The second-order valence-electron chi connectivity index (χ2n) is 8.43. The molecule has 0 bridgehead atoms. The lowest BCUT2D eigenvalue weighted by atomic mass is 9.89. The van der Waals surface area contributed by atoms with Crippen LogP contribution in [0.3, 0.4) is 0 Å². The maximum Gasteiger partial charge on any atom is 0.405 e. The summed E-state index contributed by atoms with van der Waals surface area (Å²) >= 11 is 0. The molecule has 1 fully saturated rings. The van der Waals surface area contributed by atoms with Gasteiger partial charge in [-0.2, -0.15) is 0 Å². The highest BCUT2D eigenvalue weighted by molar-refractivity contribution is 5.94. The van der Waals surface area contributed by atoms with Gasteiger partial charge in [0.15, 0.2) is 0 Å². The molecule has 2 atom stereocenters. The number of amides is 2. The molecule has 7 heteroatoms. The van der Waals surface area contributed by atoms with E-state index >= 15 is 0 Å². The van der Waals surface area contributed by atoms with Crippen LogP contribution >= 0.6 is 12.4 Å². The number of likely N-dealkylation sites (tertiary alicyclic amines) is 1. The number of nitrogens with one attached hydrogen (secondary N) is 1. The predicted octanol–water partition coefficient (Wildman–Crippen LogP) is 4.83. The third-order valence-electron chi connectivity index (χ3n) is 6.21. The van der Waals surface area contributed by atoms with E-state index in [4.69, 9.17) is 0 Å². The van der Waals surface area contributed by atoms with Crippen LogP contribution < -0.4 is 10.2 Å². The van der Waals surface area contributed by atoms with Crippen molar-refractivity contribution in [2.24, 2.45) is 0 Å². The van der Waals surface area contributed by atoms with Gasteiger partial charge in [0, 0.05) is 25.2 Å². The van der Waals surface area contributed by atoms with Gasteiger partial charge in [-0.25, -0.2) is 4.79 Å². The van der Waals surface area contributed by atoms with Gasteiger partial charge >= 0.3 is 6.09 Å². The number of carbonyl (C=O) groups is 2. The maximum atomic E-state index is 12.2. The fraction of sp³-hybridized carbons (Fsp3) is 0.417. The smallest absolute Gasteiger partial charge is 0.405 e. The number of hydrogen-bond acceptors (Lipinski definition) is 3. The van der Waals surface area contributed by atoms with Gasteiger partial charge in [0.25, 0.3) is 0 Å². The van der Waals surface area contributed by atoms with E-state index in [0.29, 0.717) is 6.42 Å². The zero-order valence-corrected chi connectivity index (χ0v) is 18.8. The van der Waals surface area contributed by atoms with E-state index in [1.165, 1.54) is 31.5 Å². The highest BCUT2D eigenvalue weighted by Crippen LogP contribution is 2.39. The van der Waals surface area contributed by atoms with Crippen LogP contribution in [0.25, 0.3) is 11.1 Å². The van der Waals surface area contributed by atoms with E-state index < -0.39 is 6.09 Å². The van der Waals surface area contributed by atoms with Crippen LogP contribution in [0.5, 0.6) is 0 Å². The number of hydrogen-bond donors (Lipinski definition) is 2. The van der Waals surface area contributed by atoms with E-state index in [-0.39, 0.29) is 30.4 Å². The van der Waals surface area contributed by atoms with Crippen LogP contribution in [-0.2, 0) is 11.3 Å². The van der Waals surface area contributed by atoms with Gasteiger partial charge in [-0.05, 0) is 73.7 Å². The average molecular weight is 444 g/mol. The van der Waals surface area contributed by atoms with Gasteiger partial charge in [-0.1, -0.05) is 30.3 Å². The van der Waals surface area contributed by atoms with Gasteiger partial charge in [-0.15, -0.1) is 12.4 Å². The Labute approximate surface area is 189 Å². The molecule has 2 aromatic carbocycles. The topological polar surface area (TPSA) is 72.9 Å². The Morgan fingerprint density at radius 3 is 2.32 bits per heavy atom. The van der Waals surface area contributed by atoms with Crippen molar-refractivity contribution < 1.29 is 14.7 Å². The third-order valence-corrected chi connectivity index (χ3v) is 6.21. The molecule has 0 saturated carbocycles. The van der Waals surface area contributed by atoms with Crippen molar-refractivity contribution in [3.63, 3.8) is 0 Å². The molecule has 31 heavy (non-hydrogen) atoms. The van der Waals surface area contributed by atoms with Crippen LogP contribution in [0.4, 0.5) is 10.5 Å². The molecule has 6 nitrogen and oxygen atoms in total. The molecule has 0 aliphatic carbocycles. The van der Waals surface area contributed by atoms with Crippen LogP contribution in [-0.4, -0.2) is 41.1 Å². The SMILES string of the molecule is CC(=O)N1c2ccc(-c3ccc(CN4CCCC4)cc3)cc2[C@H](NC(=O)O)C[C@@H]1C.Cl. The summed E-state index contributed by atoms with van der Waals surface area (Å²) in [7, 11) is 0. The van der Waals surface area contributed by atoms with E-state index in [0.717, 1.165) is 28.9 Å². The van der Waals surface area contributed by atoms with Gasteiger partial charge in [0.05, 0.1) is 6.04 Å². The first-order chi connectivity index (χ1) is 14.4. The fourth-order valence-electron chi connectivity index (χ4n) is 4.81. The summed E-state index contributed by atoms with van der Waals surface area (Å²) in [6.07, 6.45) is 2.08. The second-order valence-corrected chi connectivity index (χ2v) is 8.43. The van der Waals surface area contributed by atoms with Gasteiger partial charge in [0.1, 0.15) is 0 Å². The Kier molecular flexibility index (Phi) is 7.23. The number of benzene rings is 2. The van der Waals surface area contributed by atoms with Crippen molar-refractivity contribution in [1.82, 2.24) is 10.2 Å². The van der Waals surface area contributed by atoms with Gasteiger partial charge < -0.3 is 15.3 Å². The fourth-order valence-corrected chi connectivity index (χ4v) is 4.81. The summed E-state index contributed by atoms with van der Waals surface area (Å²) in [5.74, 6) is -0.0310. The molecule has 1 saturated heterocycles. The predicted molar refractivity (Wildman–Crippen MR) is 125 cm³/mol. The molecule has 2 N–H and O–H groups in total. The van der Waals surface area contributed by atoms with Crippen molar-refractivity contribution in [2.45, 2.75) is 51.7 Å². The number of nitrogens with zero attached hydrogens (tertiary/aromatic N) is 2. The Morgan fingerprint density at radius 2 is 1.71 bits per heavy atom. The first kappa shape index (κ1) is 23.1. The van der Waals surface area contributed by atoms with Crippen molar-refractivity contribution in [1.29, 1.82) is 0 Å². The van der Waals surface area contributed by atoms with Crippen molar-refractivity contribution >= 4 is 30.1 Å². The number of halogens is 1. The first-order valence-electron chi connectivity index (χ1n) is 10.7.